The number of benzene rings is 1. The number of rotatable bonds is 3. The van der Waals surface area contributed by atoms with Gasteiger partial charge in [-0.25, -0.2) is 0 Å². The van der Waals surface area contributed by atoms with Crippen LogP contribution in [0.5, 0.6) is 0 Å². The van der Waals surface area contributed by atoms with Gasteiger partial charge < -0.3 is 5.73 Å². The first-order chi connectivity index (χ1) is 8.60. The van der Waals surface area contributed by atoms with Gasteiger partial charge in [0.2, 0.25) is 11.8 Å². The van der Waals surface area contributed by atoms with Crippen LogP contribution in [-0.4, -0.2) is 16.7 Å². The van der Waals surface area contributed by atoms with Crippen LogP contribution in [0.3, 0.4) is 0 Å². The number of imide groups is 1. The molecule has 1 aromatic carbocycles. The lowest BCUT2D eigenvalue weighted by Gasteiger charge is -2.28. The van der Waals surface area contributed by atoms with Crippen molar-refractivity contribution in [2.75, 3.05) is 0 Å². The van der Waals surface area contributed by atoms with Gasteiger partial charge in [0.05, 0.1) is 6.54 Å². The van der Waals surface area contributed by atoms with Gasteiger partial charge in [-0.3, -0.25) is 14.5 Å². The van der Waals surface area contributed by atoms with Crippen molar-refractivity contribution >= 4 is 11.8 Å². The molecule has 0 aliphatic carbocycles. The second kappa shape index (κ2) is 5.31. The molecule has 0 bridgehead atoms. The van der Waals surface area contributed by atoms with Crippen molar-refractivity contribution in [1.29, 1.82) is 0 Å². The third-order valence-corrected chi connectivity index (χ3v) is 3.25. The zero-order valence-electron chi connectivity index (χ0n) is 10.6. The van der Waals surface area contributed by atoms with Crippen LogP contribution in [0.1, 0.15) is 30.9 Å². The van der Waals surface area contributed by atoms with Crippen molar-refractivity contribution in [3.8, 4) is 0 Å². The summed E-state index contributed by atoms with van der Waals surface area (Å²) in [6, 6.07) is 7.69. The maximum atomic E-state index is 11.8. The predicted octanol–water partition coefficient (Wildman–Crippen LogP) is 1.43. The molecule has 0 saturated carbocycles. The highest BCUT2D eigenvalue weighted by molar-refractivity contribution is 5.97. The van der Waals surface area contributed by atoms with Gasteiger partial charge in [-0.15, -0.1) is 0 Å². The van der Waals surface area contributed by atoms with Gasteiger partial charge in [-0.05, 0) is 17.0 Å². The number of hydrogen-bond acceptors (Lipinski definition) is 3. The Bertz CT molecular complexity index is 435. The van der Waals surface area contributed by atoms with Crippen molar-refractivity contribution in [2.24, 2.45) is 11.7 Å². The highest BCUT2D eigenvalue weighted by Gasteiger charge is 2.29. The molecule has 1 aromatic rings. The van der Waals surface area contributed by atoms with Crippen molar-refractivity contribution < 1.29 is 9.59 Å². The van der Waals surface area contributed by atoms with Crippen LogP contribution < -0.4 is 5.73 Å². The fourth-order valence-corrected chi connectivity index (χ4v) is 2.17. The van der Waals surface area contributed by atoms with Gasteiger partial charge in [0.1, 0.15) is 0 Å². The van der Waals surface area contributed by atoms with E-state index in [4.69, 9.17) is 5.73 Å². The second-order valence-electron chi connectivity index (χ2n) is 4.91. The second-order valence-corrected chi connectivity index (χ2v) is 4.91. The minimum Gasteiger partial charge on any atom is -0.326 e. The molecular formula is C14H18N2O2. The van der Waals surface area contributed by atoms with E-state index in [9.17, 15) is 9.59 Å². The Morgan fingerprint density at radius 2 is 1.61 bits per heavy atom. The summed E-state index contributed by atoms with van der Waals surface area (Å²) in [6.45, 7) is 2.80. The number of nitrogens with two attached hydrogens (primary N) is 1. The van der Waals surface area contributed by atoms with E-state index in [-0.39, 0.29) is 17.7 Å². The zero-order chi connectivity index (χ0) is 13.1. The molecule has 0 unspecified atom stereocenters. The van der Waals surface area contributed by atoms with Gasteiger partial charge in [-0.2, -0.15) is 0 Å². The van der Waals surface area contributed by atoms with Crippen LogP contribution in [0, 0.1) is 5.92 Å². The highest BCUT2D eigenvalue weighted by atomic mass is 16.2. The standard InChI is InChI=1S/C14H18N2O2/c1-10-6-13(17)16(14(18)7-10)9-12-4-2-11(8-15)3-5-12/h2-5,10H,6-9,15H2,1H3. The Labute approximate surface area is 107 Å². The van der Waals surface area contributed by atoms with Crippen LogP contribution in [0.2, 0.25) is 0 Å². The molecule has 4 heteroatoms. The predicted molar refractivity (Wildman–Crippen MR) is 68.3 cm³/mol. The monoisotopic (exact) mass is 246 g/mol. The minimum absolute atomic E-state index is 0.0679. The number of amides is 2. The smallest absolute Gasteiger partial charge is 0.229 e. The minimum atomic E-state index is -0.0679. The third kappa shape index (κ3) is 2.76. The largest absolute Gasteiger partial charge is 0.326 e. The molecular weight excluding hydrogens is 228 g/mol. The van der Waals surface area contributed by atoms with E-state index in [1.807, 2.05) is 31.2 Å². The van der Waals surface area contributed by atoms with E-state index in [0.717, 1.165) is 11.1 Å². The van der Waals surface area contributed by atoms with Gasteiger partial charge >= 0.3 is 0 Å². The molecule has 1 aliphatic heterocycles. The molecule has 2 rings (SSSR count). The molecule has 0 radical (unpaired) electrons. The van der Waals surface area contributed by atoms with Gasteiger partial charge in [-0.1, -0.05) is 31.2 Å². The van der Waals surface area contributed by atoms with Gasteiger partial charge in [0.25, 0.3) is 0 Å². The Balaban J connectivity index is 2.07. The topological polar surface area (TPSA) is 63.4 Å². The Kier molecular flexibility index (Phi) is 3.77. The van der Waals surface area contributed by atoms with Crippen LogP contribution >= 0.6 is 0 Å². The maximum Gasteiger partial charge on any atom is 0.229 e. The van der Waals surface area contributed by atoms with Crippen LogP contribution in [0.25, 0.3) is 0 Å². The van der Waals surface area contributed by atoms with Gasteiger partial charge in [0, 0.05) is 19.4 Å². The summed E-state index contributed by atoms with van der Waals surface area (Å²) < 4.78 is 0. The summed E-state index contributed by atoms with van der Waals surface area (Å²) in [5.74, 6) is 0.0316. The Morgan fingerprint density at radius 1 is 1.11 bits per heavy atom. The number of piperidine rings is 1. The first kappa shape index (κ1) is 12.8. The van der Waals surface area contributed by atoms with E-state index in [1.54, 1.807) is 0 Å². The Morgan fingerprint density at radius 3 is 2.11 bits per heavy atom. The van der Waals surface area contributed by atoms with Crippen LogP contribution in [0.15, 0.2) is 24.3 Å². The molecule has 4 nitrogen and oxygen atoms in total. The maximum absolute atomic E-state index is 11.8. The molecule has 2 N–H and O–H groups in total. The molecule has 1 fully saturated rings. The lowest BCUT2D eigenvalue weighted by atomic mass is 9.97. The third-order valence-electron chi connectivity index (χ3n) is 3.25. The number of nitrogens with zero attached hydrogens (tertiary/aromatic N) is 1. The lowest BCUT2D eigenvalue weighted by molar-refractivity contribution is -0.150. The zero-order valence-corrected chi connectivity index (χ0v) is 10.6. The molecule has 1 heterocycles. The van der Waals surface area contributed by atoms with E-state index in [2.05, 4.69) is 0 Å². The molecule has 2 amide bonds. The fourth-order valence-electron chi connectivity index (χ4n) is 2.17. The van der Waals surface area contributed by atoms with Crippen LogP contribution in [-0.2, 0) is 22.7 Å². The number of likely N-dealkylation sites (tertiary alicyclic amines) is 1. The summed E-state index contributed by atoms with van der Waals surface area (Å²) in [7, 11) is 0. The van der Waals surface area contributed by atoms with E-state index in [1.165, 1.54) is 4.90 Å². The molecule has 18 heavy (non-hydrogen) atoms. The average Bonchev–Trinajstić information content (AvgIpc) is 2.34. The molecule has 96 valence electrons. The number of carbonyl (C=O) groups excluding carboxylic acids is 2. The van der Waals surface area contributed by atoms with Crippen molar-refractivity contribution in [2.45, 2.75) is 32.9 Å². The number of hydrogen-bond donors (Lipinski definition) is 1. The van der Waals surface area contributed by atoms with Crippen molar-refractivity contribution in [1.82, 2.24) is 4.90 Å². The summed E-state index contributed by atoms with van der Waals surface area (Å²) in [5.41, 5.74) is 7.53. The molecule has 0 aromatic heterocycles. The van der Waals surface area contributed by atoms with E-state index in [0.29, 0.717) is 25.9 Å². The lowest BCUT2D eigenvalue weighted by Crippen LogP contribution is -2.42. The van der Waals surface area contributed by atoms with Crippen LogP contribution in [0.4, 0.5) is 0 Å². The van der Waals surface area contributed by atoms with Gasteiger partial charge in [0.15, 0.2) is 0 Å². The van der Waals surface area contributed by atoms with E-state index < -0.39 is 0 Å². The molecule has 1 aliphatic rings. The van der Waals surface area contributed by atoms with Crippen molar-refractivity contribution in [3.63, 3.8) is 0 Å². The van der Waals surface area contributed by atoms with Crippen molar-refractivity contribution in [3.05, 3.63) is 35.4 Å². The Hall–Kier alpha value is -1.68. The molecule has 0 spiro atoms. The summed E-state index contributed by atoms with van der Waals surface area (Å²) in [5, 5.41) is 0. The SMILES string of the molecule is CC1CC(=O)N(Cc2ccc(CN)cc2)C(=O)C1. The highest BCUT2D eigenvalue weighted by Crippen LogP contribution is 2.20. The molecule has 0 atom stereocenters. The fraction of sp³-hybridized carbons (Fsp3) is 0.429. The molecule has 1 saturated heterocycles. The average molecular weight is 246 g/mol. The summed E-state index contributed by atoms with van der Waals surface area (Å²) in [6.07, 6.45) is 0.930. The normalized spacial score (nSPS) is 17.3. The first-order valence-electron chi connectivity index (χ1n) is 6.21. The van der Waals surface area contributed by atoms with E-state index >= 15 is 0 Å². The quantitative estimate of drug-likeness (QED) is 0.821. The summed E-state index contributed by atoms with van der Waals surface area (Å²) in [4.78, 5) is 25.0. The first-order valence-corrected chi connectivity index (χ1v) is 6.21. The summed E-state index contributed by atoms with van der Waals surface area (Å²) >= 11 is 0. The number of carbonyl (C=O) groups is 2.